The minimum Gasteiger partial charge on any atom is -0.350 e. The number of aryl methyl sites for hydroxylation is 2. The number of nitrogens with zero attached hydrogens (tertiary/aromatic N) is 4. The summed E-state index contributed by atoms with van der Waals surface area (Å²) in [5, 5.41) is 10.2. The molecule has 2 amide bonds. The number of hydrogen-bond acceptors (Lipinski definition) is 5. The molecule has 7 nitrogen and oxygen atoms in total. The van der Waals surface area contributed by atoms with Gasteiger partial charge >= 0.3 is 6.03 Å². The van der Waals surface area contributed by atoms with Gasteiger partial charge in [0, 0.05) is 18.9 Å². The van der Waals surface area contributed by atoms with Gasteiger partial charge < -0.3 is 5.73 Å². The van der Waals surface area contributed by atoms with Crippen LogP contribution in [0.5, 0.6) is 0 Å². The molecule has 7 heteroatoms. The number of piperidine rings is 1. The number of urea groups is 1. The van der Waals surface area contributed by atoms with E-state index in [1.807, 2.05) is 24.5 Å². The molecule has 1 saturated heterocycles. The largest absolute Gasteiger partial charge is 0.350 e. The molecule has 1 aliphatic heterocycles. The van der Waals surface area contributed by atoms with Crippen molar-refractivity contribution in [2.75, 3.05) is 13.1 Å². The Morgan fingerprint density at radius 1 is 1.14 bits per heavy atom. The molecular weight excluding hydrogens is 354 g/mol. The summed E-state index contributed by atoms with van der Waals surface area (Å²) in [7, 11) is 0. The van der Waals surface area contributed by atoms with E-state index < -0.39 is 6.03 Å². The second kappa shape index (κ2) is 9.12. The Hall–Kier alpha value is -2.51. The van der Waals surface area contributed by atoms with Crippen LogP contribution in [0.3, 0.4) is 0 Å². The van der Waals surface area contributed by atoms with Gasteiger partial charge in [0.1, 0.15) is 0 Å². The Bertz CT molecular complexity index is 759. The zero-order valence-electron chi connectivity index (χ0n) is 16.6. The van der Waals surface area contributed by atoms with Crippen molar-refractivity contribution in [3.63, 3.8) is 0 Å². The number of amides is 2. The number of nitrogens with two attached hydrogens (primary N) is 1. The van der Waals surface area contributed by atoms with E-state index in [-0.39, 0.29) is 18.6 Å². The van der Waals surface area contributed by atoms with Crippen LogP contribution < -0.4 is 5.73 Å². The van der Waals surface area contributed by atoms with Crippen molar-refractivity contribution in [2.24, 2.45) is 5.73 Å². The number of rotatable bonds is 6. The zero-order chi connectivity index (χ0) is 20.1. The van der Waals surface area contributed by atoms with Crippen LogP contribution in [0, 0.1) is 13.8 Å². The maximum Gasteiger partial charge on any atom is 0.338 e. The Balaban J connectivity index is 1.88. The molecule has 28 heavy (non-hydrogen) atoms. The van der Waals surface area contributed by atoms with Crippen molar-refractivity contribution < 1.29 is 10.0 Å². The van der Waals surface area contributed by atoms with E-state index in [0.717, 1.165) is 30.7 Å². The Morgan fingerprint density at radius 2 is 1.68 bits per heavy atom. The molecule has 1 aliphatic rings. The molecule has 0 saturated carbocycles. The van der Waals surface area contributed by atoms with Gasteiger partial charge in [-0.15, -0.1) is 0 Å². The van der Waals surface area contributed by atoms with Gasteiger partial charge in [0.25, 0.3) is 0 Å². The maximum atomic E-state index is 11.1. The summed E-state index contributed by atoms with van der Waals surface area (Å²) in [4.78, 5) is 22.9. The zero-order valence-corrected chi connectivity index (χ0v) is 16.6. The summed E-state index contributed by atoms with van der Waals surface area (Å²) in [5.41, 5.74) is 9.68. The Labute approximate surface area is 166 Å². The van der Waals surface area contributed by atoms with Crippen LogP contribution in [0.2, 0.25) is 0 Å². The molecule has 1 fully saturated rings. The number of hydrogen-bond donors (Lipinski definition) is 2. The quantitative estimate of drug-likeness (QED) is 0.588. The second-order valence-electron chi connectivity index (χ2n) is 7.43. The number of carbonyl (C=O) groups excluding carboxylic acids is 1. The predicted molar refractivity (Wildman–Crippen MR) is 107 cm³/mol. The average molecular weight is 383 g/mol. The fourth-order valence-corrected chi connectivity index (χ4v) is 4.16. The van der Waals surface area contributed by atoms with Crippen molar-refractivity contribution in [3.05, 3.63) is 59.2 Å². The Morgan fingerprint density at radius 3 is 2.14 bits per heavy atom. The Kier molecular flexibility index (Phi) is 6.59. The minimum absolute atomic E-state index is 0.182. The lowest BCUT2D eigenvalue weighted by molar-refractivity contribution is -0.0441. The lowest BCUT2D eigenvalue weighted by Crippen LogP contribution is -2.40. The summed E-state index contributed by atoms with van der Waals surface area (Å²) in [6.07, 6.45) is 7.46. The lowest BCUT2D eigenvalue weighted by Gasteiger charge is -2.42. The number of carbonyl (C=O) groups is 1. The van der Waals surface area contributed by atoms with Gasteiger partial charge in [0.05, 0.1) is 30.0 Å². The maximum absolute atomic E-state index is 11.1. The molecule has 0 spiro atoms. The summed E-state index contributed by atoms with van der Waals surface area (Å²) in [5.74, 6) is 0. The van der Waals surface area contributed by atoms with E-state index >= 15 is 0 Å². The molecule has 0 aromatic carbocycles. The molecule has 3 rings (SSSR count). The molecule has 0 unspecified atom stereocenters. The predicted octanol–water partition coefficient (Wildman–Crippen LogP) is 3.52. The fraction of sp³-hybridized carbons (Fsp3) is 0.476. The first-order chi connectivity index (χ1) is 13.5. The standard InChI is InChI=1S/C21H29N5O2/c1-15-7-4-11-23-19(15)17-9-3-10-18(20-16(2)8-5-12-24-20)25(17)13-6-14-26(28)21(22)27/h4-5,7-8,11-12,17-18,28H,3,6,9-10,13-14H2,1-2H3,(H2,22,27)/t17-,18+. The van der Waals surface area contributed by atoms with E-state index in [4.69, 9.17) is 5.73 Å². The molecule has 2 atom stereocenters. The second-order valence-corrected chi connectivity index (χ2v) is 7.43. The fourth-order valence-electron chi connectivity index (χ4n) is 4.16. The van der Waals surface area contributed by atoms with Gasteiger partial charge in [0.2, 0.25) is 0 Å². The van der Waals surface area contributed by atoms with Gasteiger partial charge in [-0.1, -0.05) is 12.1 Å². The minimum atomic E-state index is -0.826. The van der Waals surface area contributed by atoms with Crippen LogP contribution in [0.1, 0.15) is 60.3 Å². The van der Waals surface area contributed by atoms with E-state index in [1.165, 1.54) is 11.1 Å². The summed E-state index contributed by atoms with van der Waals surface area (Å²) >= 11 is 0. The highest BCUT2D eigenvalue weighted by molar-refractivity contribution is 5.70. The highest BCUT2D eigenvalue weighted by Crippen LogP contribution is 2.42. The summed E-state index contributed by atoms with van der Waals surface area (Å²) in [6.45, 7) is 5.11. The van der Waals surface area contributed by atoms with Gasteiger partial charge in [-0.05, 0) is 62.8 Å². The van der Waals surface area contributed by atoms with E-state index in [9.17, 15) is 10.0 Å². The SMILES string of the molecule is Cc1cccnc1[C@H]1CCC[C@@H](c2ncccc2C)N1CCCN(O)C(N)=O. The average Bonchev–Trinajstić information content (AvgIpc) is 2.69. The van der Waals surface area contributed by atoms with Crippen LogP contribution in [-0.4, -0.2) is 44.3 Å². The monoisotopic (exact) mass is 383 g/mol. The number of pyridine rings is 2. The topological polar surface area (TPSA) is 95.6 Å². The van der Waals surface area contributed by atoms with Gasteiger partial charge in [-0.25, -0.2) is 9.86 Å². The summed E-state index contributed by atoms with van der Waals surface area (Å²) < 4.78 is 0. The normalized spacial score (nSPS) is 20.1. The molecule has 2 aromatic heterocycles. The lowest BCUT2D eigenvalue weighted by atomic mass is 9.88. The highest BCUT2D eigenvalue weighted by Gasteiger charge is 2.35. The van der Waals surface area contributed by atoms with Crippen molar-refractivity contribution in [1.82, 2.24) is 19.9 Å². The molecule has 0 radical (unpaired) electrons. The number of aromatic nitrogens is 2. The van der Waals surface area contributed by atoms with Crippen molar-refractivity contribution in [3.8, 4) is 0 Å². The first-order valence-corrected chi connectivity index (χ1v) is 9.83. The van der Waals surface area contributed by atoms with E-state index in [0.29, 0.717) is 18.0 Å². The first kappa shape index (κ1) is 20.2. The van der Waals surface area contributed by atoms with E-state index in [2.05, 4.69) is 40.8 Å². The molecule has 3 N–H and O–H groups in total. The third-order valence-corrected chi connectivity index (χ3v) is 5.53. The van der Waals surface area contributed by atoms with Gasteiger partial charge in [-0.2, -0.15) is 0 Å². The van der Waals surface area contributed by atoms with E-state index in [1.54, 1.807) is 0 Å². The van der Waals surface area contributed by atoms with Crippen LogP contribution >= 0.6 is 0 Å². The van der Waals surface area contributed by atoms with Gasteiger partial charge in [-0.3, -0.25) is 20.1 Å². The van der Waals surface area contributed by atoms with Crippen LogP contribution in [0.4, 0.5) is 4.79 Å². The first-order valence-electron chi connectivity index (χ1n) is 9.83. The van der Waals surface area contributed by atoms with Crippen molar-refractivity contribution in [2.45, 2.75) is 51.6 Å². The number of primary amides is 1. The number of likely N-dealkylation sites (tertiary alicyclic amines) is 1. The van der Waals surface area contributed by atoms with Crippen LogP contribution in [0.15, 0.2) is 36.7 Å². The smallest absolute Gasteiger partial charge is 0.338 e. The van der Waals surface area contributed by atoms with Crippen molar-refractivity contribution >= 4 is 6.03 Å². The molecule has 0 bridgehead atoms. The van der Waals surface area contributed by atoms with Crippen LogP contribution in [-0.2, 0) is 0 Å². The molecule has 150 valence electrons. The third-order valence-electron chi connectivity index (χ3n) is 5.53. The van der Waals surface area contributed by atoms with Crippen molar-refractivity contribution in [1.29, 1.82) is 0 Å². The summed E-state index contributed by atoms with van der Waals surface area (Å²) in [6, 6.07) is 7.65. The molecule has 0 aliphatic carbocycles. The number of hydroxylamine groups is 2. The van der Waals surface area contributed by atoms with Crippen LogP contribution in [0.25, 0.3) is 0 Å². The van der Waals surface area contributed by atoms with Gasteiger partial charge in [0.15, 0.2) is 0 Å². The highest BCUT2D eigenvalue weighted by atomic mass is 16.5. The molecular formula is C21H29N5O2. The molecule has 3 heterocycles. The molecule has 2 aromatic rings. The third kappa shape index (κ3) is 4.48.